The molecule has 3 aromatic carbocycles. The minimum Gasteiger partial charge on any atom is -0.457 e. The normalized spacial score (nSPS) is 14.1. The smallest absolute Gasteiger partial charge is 0.339 e. The number of aliphatic hydroxyl groups excluding tert-OH is 2. The van der Waals surface area contributed by atoms with Crippen molar-refractivity contribution in [2.75, 3.05) is 6.79 Å². The lowest BCUT2D eigenvalue weighted by Crippen LogP contribution is -2.03. The van der Waals surface area contributed by atoms with Gasteiger partial charge in [-0.25, -0.2) is 4.79 Å². The molecule has 160 valence electrons. The first-order valence-corrected chi connectivity index (χ1v) is 11.1. The van der Waals surface area contributed by atoms with Crippen molar-refractivity contribution in [1.82, 2.24) is 0 Å². The zero-order chi connectivity index (χ0) is 21.8. The van der Waals surface area contributed by atoms with Gasteiger partial charge >= 0.3 is 5.97 Å². The van der Waals surface area contributed by atoms with Crippen LogP contribution in [-0.2, 0) is 24.6 Å². The first-order valence-electron chi connectivity index (χ1n) is 10.2. The summed E-state index contributed by atoms with van der Waals surface area (Å²) in [6.07, 6.45) is 0. The van der Waals surface area contributed by atoms with Crippen LogP contribution in [0.1, 0.15) is 27.0 Å². The number of aliphatic hydroxyl groups is 2. The van der Waals surface area contributed by atoms with Crippen LogP contribution in [0, 0.1) is 0 Å². The first kappa shape index (κ1) is 19.3. The second-order valence-corrected chi connectivity index (χ2v) is 8.52. The van der Waals surface area contributed by atoms with Crippen LogP contribution < -0.4 is 9.47 Å². The van der Waals surface area contributed by atoms with E-state index in [1.54, 1.807) is 11.3 Å². The van der Waals surface area contributed by atoms with Crippen LogP contribution in [0.15, 0.2) is 47.2 Å². The average Bonchev–Trinajstić information content (AvgIpc) is 3.58. The fraction of sp³-hybridized carbons (Fsp3) is 0.160. The molecule has 0 aliphatic carbocycles. The minimum atomic E-state index is -0.372. The van der Waals surface area contributed by atoms with Crippen LogP contribution in [0.4, 0.5) is 0 Å². The molecule has 2 aliphatic heterocycles. The van der Waals surface area contributed by atoms with E-state index in [0.29, 0.717) is 28.2 Å². The summed E-state index contributed by atoms with van der Waals surface area (Å²) in [5.41, 5.74) is 6.06. The molecule has 7 heteroatoms. The number of fused-ring (bicyclic) bond motifs is 3. The molecule has 0 fully saturated rings. The summed E-state index contributed by atoms with van der Waals surface area (Å²) >= 11 is 1.58. The number of ether oxygens (including phenoxy) is 3. The van der Waals surface area contributed by atoms with Crippen molar-refractivity contribution < 1.29 is 29.2 Å². The number of thiophene rings is 1. The van der Waals surface area contributed by atoms with Gasteiger partial charge in [0.15, 0.2) is 11.5 Å². The summed E-state index contributed by atoms with van der Waals surface area (Å²) in [6, 6.07) is 11.4. The number of hydrogen-bond donors (Lipinski definition) is 2. The van der Waals surface area contributed by atoms with E-state index >= 15 is 0 Å². The minimum absolute atomic E-state index is 0.158. The van der Waals surface area contributed by atoms with Crippen molar-refractivity contribution in [1.29, 1.82) is 0 Å². The SMILES string of the molecule is O=C1OCc2c1c(-c1ccc3c(c1)OCO3)c1cc(CO)c(CO)cc1c2-c1ccsc1. The summed E-state index contributed by atoms with van der Waals surface area (Å²) in [5.74, 6) is 0.903. The van der Waals surface area contributed by atoms with Gasteiger partial charge in [-0.15, -0.1) is 0 Å². The van der Waals surface area contributed by atoms with Gasteiger partial charge < -0.3 is 24.4 Å². The van der Waals surface area contributed by atoms with E-state index < -0.39 is 0 Å². The Kier molecular flexibility index (Phi) is 4.43. The lowest BCUT2D eigenvalue weighted by atomic mass is 9.83. The van der Waals surface area contributed by atoms with Gasteiger partial charge in [0.05, 0.1) is 18.8 Å². The molecule has 2 aliphatic rings. The molecule has 32 heavy (non-hydrogen) atoms. The molecule has 2 N–H and O–H groups in total. The summed E-state index contributed by atoms with van der Waals surface area (Å²) in [6.45, 7) is -0.0726. The van der Waals surface area contributed by atoms with Gasteiger partial charge in [-0.3, -0.25) is 0 Å². The zero-order valence-electron chi connectivity index (χ0n) is 16.9. The molecule has 0 atom stereocenters. The molecule has 0 saturated carbocycles. The number of rotatable bonds is 4. The molecule has 0 radical (unpaired) electrons. The van der Waals surface area contributed by atoms with Crippen molar-refractivity contribution in [2.24, 2.45) is 0 Å². The third-order valence-electron chi connectivity index (χ3n) is 6.10. The Balaban J connectivity index is 1.77. The summed E-state index contributed by atoms with van der Waals surface area (Å²) in [4.78, 5) is 13.0. The van der Waals surface area contributed by atoms with Crippen LogP contribution in [0.25, 0.3) is 33.0 Å². The van der Waals surface area contributed by atoms with E-state index in [0.717, 1.165) is 38.6 Å². The lowest BCUT2D eigenvalue weighted by Gasteiger charge is -2.19. The van der Waals surface area contributed by atoms with Crippen LogP contribution in [0.3, 0.4) is 0 Å². The summed E-state index contributed by atoms with van der Waals surface area (Å²) < 4.78 is 16.5. The van der Waals surface area contributed by atoms with Crippen molar-refractivity contribution in [3.05, 3.63) is 69.4 Å². The third kappa shape index (κ3) is 2.75. The van der Waals surface area contributed by atoms with E-state index in [1.807, 2.05) is 47.2 Å². The predicted octanol–water partition coefficient (Wildman–Crippen LogP) is 4.62. The predicted molar refractivity (Wildman–Crippen MR) is 120 cm³/mol. The van der Waals surface area contributed by atoms with E-state index in [-0.39, 0.29) is 32.6 Å². The zero-order valence-corrected chi connectivity index (χ0v) is 17.7. The molecule has 0 spiro atoms. The number of esters is 1. The Morgan fingerprint density at radius 3 is 2.28 bits per heavy atom. The van der Waals surface area contributed by atoms with Gasteiger partial charge in [0.2, 0.25) is 6.79 Å². The first-order chi connectivity index (χ1) is 15.7. The molecule has 4 aromatic rings. The van der Waals surface area contributed by atoms with Crippen LogP contribution in [0.5, 0.6) is 11.5 Å². The Morgan fingerprint density at radius 1 is 0.812 bits per heavy atom. The highest BCUT2D eigenvalue weighted by molar-refractivity contribution is 7.08. The molecule has 0 amide bonds. The maximum absolute atomic E-state index is 13.0. The van der Waals surface area contributed by atoms with Crippen molar-refractivity contribution >= 4 is 28.1 Å². The number of carbonyl (C=O) groups is 1. The van der Waals surface area contributed by atoms with Crippen molar-refractivity contribution in [3.63, 3.8) is 0 Å². The maximum atomic E-state index is 13.0. The van der Waals surface area contributed by atoms with Gasteiger partial charge in [-0.1, -0.05) is 6.07 Å². The molecule has 6 rings (SSSR count). The Bertz CT molecular complexity index is 1390. The van der Waals surface area contributed by atoms with Gasteiger partial charge in [0.25, 0.3) is 0 Å². The molecule has 0 bridgehead atoms. The van der Waals surface area contributed by atoms with Gasteiger partial charge in [-0.2, -0.15) is 11.3 Å². The largest absolute Gasteiger partial charge is 0.457 e. The molecular formula is C25H18O6S. The highest BCUT2D eigenvalue weighted by Crippen LogP contribution is 2.47. The van der Waals surface area contributed by atoms with E-state index in [1.165, 1.54) is 0 Å². The lowest BCUT2D eigenvalue weighted by molar-refractivity contribution is 0.0536. The van der Waals surface area contributed by atoms with Gasteiger partial charge in [-0.05, 0) is 79.7 Å². The number of cyclic esters (lactones) is 1. The highest BCUT2D eigenvalue weighted by atomic mass is 32.1. The molecule has 0 saturated heterocycles. The molecule has 1 aromatic heterocycles. The second kappa shape index (κ2) is 7.34. The van der Waals surface area contributed by atoms with Crippen LogP contribution >= 0.6 is 11.3 Å². The number of benzene rings is 3. The summed E-state index contributed by atoms with van der Waals surface area (Å²) in [5, 5.41) is 25.6. The van der Waals surface area contributed by atoms with E-state index in [4.69, 9.17) is 14.2 Å². The molecule has 3 heterocycles. The van der Waals surface area contributed by atoms with Crippen LogP contribution in [0.2, 0.25) is 0 Å². The third-order valence-corrected chi connectivity index (χ3v) is 6.78. The molecule has 6 nitrogen and oxygen atoms in total. The monoisotopic (exact) mass is 446 g/mol. The Morgan fingerprint density at radius 2 is 1.56 bits per heavy atom. The molecular weight excluding hydrogens is 428 g/mol. The standard InChI is InChI=1S/C25H18O6S/c26-8-15-5-17-18(6-16(15)9-27)23(13-1-2-20-21(7-13)31-12-30-20)24-19(10-29-25(24)28)22(17)14-3-4-32-11-14/h1-7,11,26-27H,8-10,12H2. The number of carbonyl (C=O) groups excluding carboxylic acids is 1. The Labute approximate surface area is 187 Å². The fourth-order valence-corrected chi connectivity index (χ4v) is 5.29. The van der Waals surface area contributed by atoms with Gasteiger partial charge in [0, 0.05) is 11.1 Å². The Hall–Kier alpha value is -3.39. The van der Waals surface area contributed by atoms with Crippen molar-refractivity contribution in [3.8, 4) is 33.8 Å². The fourth-order valence-electron chi connectivity index (χ4n) is 4.64. The average molecular weight is 446 g/mol. The van der Waals surface area contributed by atoms with Gasteiger partial charge in [0.1, 0.15) is 6.61 Å². The van der Waals surface area contributed by atoms with E-state index in [2.05, 4.69) is 0 Å². The highest BCUT2D eigenvalue weighted by Gasteiger charge is 2.32. The molecule has 0 unspecified atom stereocenters. The van der Waals surface area contributed by atoms with E-state index in [9.17, 15) is 15.0 Å². The van der Waals surface area contributed by atoms with Crippen LogP contribution in [-0.4, -0.2) is 23.0 Å². The van der Waals surface area contributed by atoms with Crippen molar-refractivity contribution in [2.45, 2.75) is 19.8 Å². The summed E-state index contributed by atoms with van der Waals surface area (Å²) in [7, 11) is 0. The number of hydrogen-bond acceptors (Lipinski definition) is 7. The quantitative estimate of drug-likeness (QED) is 0.445. The topological polar surface area (TPSA) is 85.2 Å². The maximum Gasteiger partial charge on any atom is 0.339 e. The second-order valence-electron chi connectivity index (χ2n) is 7.74.